The van der Waals surface area contributed by atoms with Gasteiger partial charge in [-0.05, 0) is 37.0 Å². The Morgan fingerprint density at radius 2 is 1.88 bits per heavy atom. The summed E-state index contributed by atoms with van der Waals surface area (Å²) in [6.07, 6.45) is 8.29. The lowest BCUT2D eigenvalue weighted by molar-refractivity contribution is 0.264. The molecule has 1 fully saturated rings. The predicted octanol–water partition coefficient (Wildman–Crippen LogP) is 4.37. The van der Waals surface area contributed by atoms with Crippen LogP contribution in [0, 0.1) is 10.8 Å². The van der Waals surface area contributed by atoms with Crippen LogP contribution in [0.2, 0.25) is 0 Å². The van der Waals surface area contributed by atoms with Crippen LogP contribution in [0.15, 0.2) is 0 Å². The Kier molecular flexibility index (Phi) is 4.85. The van der Waals surface area contributed by atoms with E-state index in [2.05, 4.69) is 39.9 Å². The third kappa shape index (κ3) is 4.45. The lowest BCUT2D eigenvalue weighted by atomic mass is 9.86. The second-order valence-electron chi connectivity index (χ2n) is 6.88. The van der Waals surface area contributed by atoms with Gasteiger partial charge in [-0.2, -0.15) is 0 Å². The third-order valence-electron chi connectivity index (χ3n) is 4.43. The normalized spacial score (nSPS) is 20.8. The Balaban J connectivity index is 2.19. The van der Waals surface area contributed by atoms with E-state index in [1.165, 1.54) is 45.1 Å². The fourth-order valence-electron chi connectivity index (χ4n) is 2.25. The van der Waals surface area contributed by atoms with Crippen molar-refractivity contribution in [1.29, 1.82) is 0 Å². The summed E-state index contributed by atoms with van der Waals surface area (Å²) in [5.41, 5.74) is 1.08. The molecule has 0 aromatic rings. The molecule has 1 unspecified atom stereocenters. The SMILES string of the molecule is CCCCCC(C)(C)CNC(C)C1(C)CC1. The molecule has 96 valence electrons. The molecule has 0 aromatic heterocycles. The van der Waals surface area contributed by atoms with E-state index in [-0.39, 0.29) is 0 Å². The molecule has 1 saturated carbocycles. The van der Waals surface area contributed by atoms with Crippen molar-refractivity contribution in [2.45, 2.75) is 79.2 Å². The van der Waals surface area contributed by atoms with Crippen LogP contribution in [-0.2, 0) is 0 Å². The van der Waals surface area contributed by atoms with E-state index in [9.17, 15) is 0 Å². The summed E-state index contributed by atoms with van der Waals surface area (Å²) in [6.45, 7) is 13.0. The first-order valence-electron chi connectivity index (χ1n) is 7.13. The van der Waals surface area contributed by atoms with Gasteiger partial charge in [0.15, 0.2) is 0 Å². The van der Waals surface area contributed by atoms with Crippen LogP contribution in [-0.4, -0.2) is 12.6 Å². The van der Waals surface area contributed by atoms with Gasteiger partial charge in [-0.15, -0.1) is 0 Å². The number of hydrogen-bond donors (Lipinski definition) is 1. The van der Waals surface area contributed by atoms with Crippen LogP contribution in [0.3, 0.4) is 0 Å². The molecular formula is C15H31N. The van der Waals surface area contributed by atoms with Crippen molar-refractivity contribution in [1.82, 2.24) is 5.32 Å². The Hall–Kier alpha value is -0.0400. The molecule has 0 amide bonds. The fourth-order valence-corrected chi connectivity index (χ4v) is 2.25. The molecule has 1 heteroatoms. The average molecular weight is 225 g/mol. The lowest BCUT2D eigenvalue weighted by Gasteiger charge is -2.29. The van der Waals surface area contributed by atoms with Gasteiger partial charge in [0.05, 0.1) is 0 Å². The molecular weight excluding hydrogens is 194 g/mol. The van der Waals surface area contributed by atoms with Gasteiger partial charge in [0.25, 0.3) is 0 Å². The van der Waals surface area contributed by atoms with Crippen LogP contribution < -0.4 is 5.32 Å². The van der Waals surface area contributed by atoms with Crippen molar-refractivity contribution in [3.05, 3.63) is 0 Å². The molecule has 1 atom stereocenters. The van der Waals surface area contributed by atoms with Gasteiger partial charge >= 0.3 is 0 Å². The first-order valence-corrected chi connectivity index (χ1v) is 7.13. The summed E-state index contributed by atoms with van der Waals surface area (Å²) in [4.78, 5) is 0. The van der Waals surface area contributed by atoms with Crippen LogP contribution in [0.25, 0.3) is 0 Å². The van der Waals surface area contributed by atoms with E-state index in [1.807, 2.05) is 0 Å². The predicted molar refractivity (Wildman–Crippen MR) is 72.7 cm³/mol. The minimum Gasteiger partial charge on any atom is -0.313 e. The molecule has 0 heterocycles. The zero-order valence-corrected chi connectivity index (χ0v) is 12.0. The molecule has 1 nitrogen and oxygen atoms in total. The van der Waals surface area contributed by atoms with E-state index < -0.39 is 0 Å². The van der Waals surface area contributed by atoms with E-state index in [1.54, 1.807) is 0 Å². The minimum absolute atomic E-state index is 0.467. The molecule has 0 saturated heterocycles. The van der Waals surface area contributed by atoms with Gasteiger partial charge in [0.2, 0.25) is 0 Å². The zero-order valence-electron chi connectivity index (χ0n) is 12.0. The highest BCUT2D eigenvalue weighted by molar-refractivity contribution is 4.97. The quantitative estimate of drug-likeness (QED) is 0.605. The fraction of sp³-hybridized carbons (Fsp3) is 1.00. The van der Waals surface area contributed by atoms with Crippen LogP contribution in [0.5, 0.6) is 0 Å². The Labute approximate surface area is 102 Å². The molecule has 1 rings (SSSR count). The highest BCUT2D eigenvalue weighted by Gasteiger charge is 2.42. The maximum Gasteiger partial charge on any atom is 0.00927 e. The second kappa shape index (κ2) is 5.53. The maximum atomic E-state index is 3.75. The standard InChI is InChI=1S/C15H31N/c1-6-7-8-9-14(3,4)12-16-13(2)15(5)10-11-15/h13,16H,6-12H2,1-5H3. The summed E-state index contributed by atoms with van der Waals surface area (Å²) in [7, 11) is 0. The van der Waals surface area contributed by atoms with Crippen molar-refractivity contribution in [2.24, 2.45) is 10.8 Å². The van der Waals surface area contributed by atoms with Crippen molar-refractivity contribution >= 4 is 0 Å². The van der Waals surface area contributed by atoms with Crippen LogP contribution >= 0.6 is 0 Å². The van der Waals surface area contributed by atoms with Gasteiger partial charge < -0.3 is 5.32 Å². The summed E-state index contributed by atoms with van der Waals surface area (Å²) in [5.74, 6) is 0. The summed E-state index contributed by atoms with van der Waals surface area (Å²) in [6, 6.07) is 0.693. The molecule has 0 bridgehead atoms. The largest absolute Gasteiger partial charge is 0.313 e. The molecule has 1 N–H and O–H groups in total. The third-order valence-corrected chi connectivity index (χ3v) is 4.43. The molecule has 0 radical (unpaired) electrons. The highest BCUT2D eigenvalue weighted by Crippen LogP contribution is 2.48. The van der Waals surface area contributed by atoms with Crippen molar-refractivity contribution < 1.29 is 0 Å². The van der Waals surface area contributed by atoms with Gasteiger partial charge in [-0.3, -0.25) is 0 Å². The zero-order chi connectivity index (χ0) is 12.2. The summed E-state index contributed by atoms with van der Waals surface area (Å²) in [5, 5.41) is 3.75. The van der Waals surface area contributed by atoms with E-state index in [0.717, 1.165) is 0 Å². The van der Waals surface area contributed by atoms with E-state index in [0.29, 0.717) is 16.9 Å². The first kappa shape index (κ1) is 14.0. The van der Waals surface area contributed by atoms with Crippen LogP contribution in [0.4, 0.5) is 0 Å². The van der Waals surface area contributed by atoms with Gasteiger partial charge in [0.1, 0.15) is 0 Å². The Bertz CT molecular complexity index is 203. The molecule has 0 aliphatic heterocycles. The molecule has 1 aliphatic rings. The summed E-state index contributed by atoms with van der Waals surface area (Å²) >= 11 is 0. The maximum absolute atomic E-state index is 3.75. The topological polar surface area (TPSA) is 12.0 Å². The summed E-state index contributed by atoms with van der Waals surface area (Å²) < 4.78 is 0. The van der Waals surface area contributed by atoms with Crippen LogP contribution in [0.1, 0.15) is 73.1 Å². The number of nitrogens with one attached hydrogen (secondary N) is 1. The van der Waals surface area contributed by atoms with Gasteiger partial charge in [-0.25, -0.2) is 0 Å². The smallest absolute Gasteiger partial charge is 0.00927 e. The van der Waals surface area contributed by atoms with Crippen molar-refractivity contribution in [3.63, 3.8) is 0 Å². The Morgan fingerprint density at radius 1 is 1.25 bits per heavy atom. The number of unbranched alkanes of at least 4 members (excludes halogenated alkanes) is 2. The van der Waals surface area contributed by atoms with Crippen molar-refractivity contribution in [3.8, 4) is 0 Å². The molecule has 16 heavy (non-hydrogen) atoms. The van der Waals surface area contributed by atoms with Gasteiger partial charge in [0, 0.05) is 12.6 Å². The van der Waals surface area contributed by atoms with Gasteiger partial charge in [-0.1, -0.05) is 47.0 Å². The Morgan fingerprint density at radius 3 is 2.38 bits per heavy atom. The lowest BCUT2D eigenvalue weighted by Crippen LogP contribution is -2.39. The molecule has 0 aromatic carbocycles. The highest BCUT2D eigenvalue weighted by atomic mass is 14.9. The second-order valence-corrected chi connectivity index (χ2v) is 6.88. The minimum atomic E-state index is 0.467. The molecule has 0 spiro atoms. The first-order chi connectivity index (χ1) is 7.40. The number of rotatable bonds is 8. The van der Waals surface area contributed by atoms with E-state index >= 15 is 0 Å². The van der Waals surface area contributed by atoms with Crippen molar-refractivity contribution in [2.75, 3.05) is 6.54 Å². The average Bonchev–Trinajstić information content (AvgIpc) is 2.95. The number of hydrogen-bond acceptors (Lipinski definition) is 1. The molecule has 1 aliphatic carbocycles. The monoisotopic (exact) mass is 225 g/mol. The van der Waals surface area contributed by atoms with E-state index in [4.69, 9.17) is 0 Å².